The fraction of sp³-hybridized carbons (Fsp3) is 1.00. The molecule has 0 aliphatic rings. The molecule has 0 heterocycles. The standard InChI is InChI=1S/C8H21NO5P2/c1-5-12-15(4,10)8(9)16(11,13-6-2)14-7-3/h8H,5-7,9H2,1-4H3. The van der Waals surface area contributed by atoms with Crippen LogP contribution >= 0.6 is 15.0 Å². The van der Waals surface area contributed by atoms with E-state index in [1.54, 1.807) is 20.8 Å². The molecule has 2 atom stereocenters. The summed E-state index contributed by atoms with van der Waals surface area (Å²) in [5.41, 5.74) is 4.45. The highest BCUT2D eigenvalue weighted by Crippen LogP contribution is 2.65. The zero-order valence-electron chi connectivity index (χ0n) is 10.2. The molecule has 0 aromatic rings. The van der Waals surface area contributed by atoms with Crippen molar-refractivity contribution in [2.45, 2.75) is 26.3 Å². The van der Waals surface area contributed by atoms with Crippen molar-refractivity contribution >= 4 is 15.0 Å². The van der Waals surface area contributed by atoms with Gasteiger partial charge in [-0.1, -0.05) is 0 Å². The van der Waals surface area contributed by atoms with Crippen molar-refractivity contribution in [2.75, 3.05) is 26.5 Å². The summed E-state index contributed by atoms with van der Waals surface area (Å²) in [5, 5.41) is 0. The van der Waals surface area contributed by atoms with Gasteiger partial charge in [-0.05, 0) is 20.8 Å². The SMILES string of the molecule is CCOP(C)(=O)C(N)P(=O)(OCC)OCC. The second-order valence-electron chi connectivity index (χ2n) is 3.12. The maximum absolute atomic E-state index is 12.2. The molecule has 0 amide bonds. The lowest BCUT2D eigenvalue weighted by molar-refractivity contribution is 0.215. The Balaban J connectivity index is 4.93. The first kappa shape index (κ1) is 16.3. The lowest BCUT2D eigenvalue weighted by atomic mass is 10.9. The summed E-state index contributed by atoms with van der Waals surface area (Å²) >= 11 is 0. The predicted molar refractivity (Wildman–Crippen MR) is 64.0 cm³/mol. The van der Waals surface area contributed by atoms with Gasteiger partial charge in [0.25, 0.3) is 0 Å². The second kappa shape index (κ2) is 6.90. The van der Waals surface area contributed by atoms with Gasteiger partial charge in [-0.15, -0.1) is 0 Å². The summed E-state index contributed by atoms with van der Waals surface area (Å²) in [6.07, 6.45) is 0. The van der Waals surface area contributed by atoms with Crippen LogP contribution in [0.5, 0.6) is 0 Å². The molecule has 6 nitrogen and oxygen atoms in total. The maximum atomic E-state index is 12.2. The number of rotatable bonds is 8. The third kappa shape index (κ3) is 4.28. The Kier molecular flexibility index (Phi) is 7.03. The van der Waals surface area contributed by atoms with Crippen molar-refractivity contribution in [3.8, 4) is 0 Å². The average Bonchev–Trinajstić information content (AvgIpc) is 2.17. The van der Waals surface area contributed by atoms with Crippen LogP contribution in [0.2, 0.25) is 0 Å². The number of nitrogens with two attached hydrogens (primary N) is 1. The van der Waals surface area contributed by atoms with E-state index >= 15 is 0 Å². The summed E-state index contributed by atoms with van der Waals surface area (Å²) in [6, 6.07) is 0. The molecule has 0 aliphatic carbocycles. The molecule has 2 unspecified atom stereocenters. The highest BCUT2D eigenvalue weighted by molar-refractivity contribution is 7.74. The van der Waals surface area contributed by atoms with Gasteiger partial charge in [0.1, 0.15) is 0 Å². The summed E-state index contributed by atoms with van der Waals surface area (Å²) in [5.74, 6) is 0. The third-order valence-corrected chi connectivity index (χ3v) is 7.53. The van der Waals surface area contributed by atoms with Crippen LogP contribution in [0, 0.1) is 0 Å². The zero-order chi connectivity index (χ0) is 12.8. The van der Waals surface area contributed by atoms with Gasteiger partial charge in [-0.3, -0.25) is 9.13 Å². The van der Waals surface area contributed by atoms with Crippen molar-refractivity contribution < 1.29 is 22.7 Å². The van der Waals surface area contributed by atoms with Crippen LogP contribution < -0.4 is 5.73 Å². The molecule has 0 bridgehead atoms. The van der Waals surface area contributed by atoms with Gasteiger partial charge >= 0.3 is 7.60 Å². The van der Waals surface area contributed by atoms with Gasteiger partial charge in [0, 0.05) is 6.66 Å². The fourth-order valence-electron chi connectivity index (χ4n) is 1.14. The Morgan fingerprint density at radius 1 is 1.00 bits per heavy atom. The van der Waals surface area contributed by atoms with Crippen molar-refractivity contribution in [3.63, 3.8) is 0 Å². The molecule has 16 heavy (non-hydrogen) atoms. The lowest BCUT2D eigenvalue weighted by Gasteiger charge is -2.27. The minimum absolute atomic E-state index is 0.178. The monoisotopic (exact) mass is 273 g/mol. The molecule has 0 aromatic heterocycles. The van der Waals surface area contributed by atoms with Gasteiger partial charge in [0.2, 0.25) is 7.37 Å². The van der Waals surface area contributed by atoms with Gasteiger partial charge in [0.05, 0.1) is 19.8 Å². The summed E-state index contributed by atoms with van der Waals surface area (Å²) < 4.78 is 39.3. The smallest absolute Gasteiger partial charge is 0.327 e. The zero-order valence-corrected chi connectivity index (χ0v) is 12.0. The quantitative estimate of drug-likeness (QED) is 0.683. The highest BCUT2D eigenvalue weighted by Gasteiger charge is 2.43. The van der Waals surface area contributed by atoms with Crippen LogP contribution in [0.4, 0.5) is 0 Å². The second-order valence-corrected chi connectivity index (χ2v) is 8.31. The number of hydrogen-bond donors (Lipinski definition) is 1. The molecule has 8 heteroatoms. The van der Waals surface area contributed by atoms with Crippen molar-refractivity contribution in [1.29, 1.82) is 0 Å². The van der Waals surface area contributed by atoms with E-state index < -0.39 is 20.5 Å². The first-order valence-electron chi connectivity index (χ1n) is 5.20. The van der Waals surface area contributed by atoms with E-state index in [0.29, 0.717) is 0 Å². The topological polar surface area (TPSA) is 87.9 Å². The van der Waals surface area contributed by atoms with Crippen LogP contribution in [-0.4, -0.2) is 32.0 Å². The summed E-state index contributed by atoms with van der Waals surface area (Å²) in [7, 11) is -6.77. The van der Waals surface area contributed by atoms with Crippen LogP contribution in [0.15, 0.2) is 0 Å². The van der Waals surface area contributed by atoms with Crippen LogP contribution in [0.25, 0.3) is 0 Å². The Labute approximate surface area is 96.8 Å². The minimum atomic E-state index is -3.57. The molecule has 0 rings (SSSR count). The van der Waals surface area contributed by atoms with Gasteiger partial charge < -0.3 is 19.3 Å². The molecular formula is C8H21NO5P2. The van der Waals surface area contributed by atoms with Crippen LogP contribution in [-0.2, 0) is 22.7 Å². The minimum Gasteiger partial charge on any atom is -0.327 e. The Morgan fingerprint density at radius 3 is 1.69 bits per heavy atom. The van der Waals surface area contributed by atoms with E-state index in [1.807, 2.05) is 0 Å². The van der Waals surface area contributed by atoms with Gasteiger partial charge in [-0.2, -0.15) is 0 Å². The summed E-state index contributed by atoms with van der Waals surface area (Å²) in [4.78, 5) is 0. The molecule has 0 spiro atoms. The lowest BCUT2D eigenvalue weighted by Crippen LogP contribution is -2.24. The van der Waals surface area contributed by atoms with Crippen molar-refractivity contribution in [2.24, 2.45) is 5.73 Å². The predicted octanol–water partition coefficient (Wildman–Crippen LogP) is 2.44. The van der Waals surface area contributed by atoms with E-state index in [9.17, 15) is 9.13 Å². The Hall–Kier alpha value is 0.300. The largest absolute Gasteiger partial charge is 0.357 e. The molecular weight excluding hydrogens is 252 g/mol. The Morgan fingerprint density at radius 2 is 1.38 bits per heavy atom. The third-order valence-electron chi connectivity index (χ3n) is 1.81. The molecule has 0 fully saturated rings. The van der Waals surface area contributed by atoms with E-state index in [-0.39, 0.29) is 19.8 Å². The van der Waals surface area contributed by atoms with E-state index in [1.165, 1.54) is 6.66 Å². The van der Waals surface area contributed by atoms with E-state index in [2.05, 4.69) is 0 Å². The van der Waals surface area contributed by atoms with Crippen molar-refractivity contribution in [1.82, 2.24) is 0 Å². The molecule has 0 radical (unpaired) electrons. The maximum Gasteiger partial charge on any atom is 0.357 e. The molecule has 0 saturated heterocycles. The van der Waals surface area contributed by atoms with Crippen LogP contribution in [0.1, 0.15) is 20.8 Å². The van der Waals surface area contributed by atoms with Crippen LogP contribution in [0.3, 0.4) is 0 Å². The normalized spacial score (nSPS) is 18.1. The molecule has 0 saturated carbocycles. The number of hydrogen-bond acceptors (Lipinski definition) is 6. The van der Waals surface area contributed by atoms with Gasteiger partial charge in [-0.25, -0.2) is 0 Å². The van der Waals surface area contributed by atoms with E-state index in [4.69, 9.17) is 19.3 Å². The summed E-state index contributed by atoms with van der Waals surface area (Å²) in [6.45, 7) is 6.95. The van der Waals surface area contributed by atoms with E-state index in [0.717, 1.165) is 0 Å². The fourth-order valence-corrected chi connectivity index (χ4v) is 5.56. The average molecular weight is 273 g/mol. The molecule has 0 aliphatic heterocycles. The van der Waals surface area contributed by atoms with Crippen molar-refractivity contribution in [3.05, 3.63) is 0 Å². The Bertz CT molecular complexity index is 286. The first-order chi connectivity index (χ1) is 7.34. The molecule has 98 valence electrons. The first-order valence-corrected chi connectivity index (χ1v) is 8.95. The van der Waals surface area contributed by atoms with Gasteiger partial charge in [0.15, 0.2) is 5.52 Å². The molecule has 2 N–H and O–H groups in total. The molecule has 0 aromatic carbocycles. The highest BCUT2D eigenvalue weighted by atomic mass is 31.2.